The number of ether oxygens (including phenoxy) is 1. The van der Waals surface area contributed by atoms with Gasteiger partial charge in [-0.15, -0.1) is 0 Å². The Hall–Kier alpha value is -3.53. The van der Waals surface area contributed by atoms with Crippen LogP contribution in [0.5, 0.6) is 5.75 Å². The molecule has 4 rings (SSSR count). The minimum atomic E-state index is 0.141. The summed E-state index contributed by atoms with van der Waals surface area (Å²) in [5, 5.41) is 1.03. The molecule has 0 fully saturated rings. The highest BCUT2D eigenvalue weighted by atomic mass is 16.5. The average molecular weight is 411 g/mol. The molecule has 1 atom stereocenters. The smallest absolute Gasteiger partial charge is 0.137 e. The zero-order valence-corrected chi connectivity index (χ0v) is 18.1. The maximum Gasteiger partial charge on any atom is 0.137 e. The number of aryl methyl sites for hydroxylation is 1. The van der Waals surface area contributed by atoms with Crippen molar-refractivity contribution >= 4 is 16.7 Å². The second-order valence-corrected chi connectivity index (χ2v) is 8.03. The first-order chi connectivity index (χ1) is 15.0. The van der Waals surface area contributed by atoms with Crippen molar-refractivity contribution in [2.75, 3.05) is 7.11 Å². The molecule has 0 aliphatic heterocycles. The van der Waals surface area contributed by atoms with Gasteiger partial charge in [-0.3, -0.25) is 14.8 Å². The summed E-state index contributed by atoms with van der Waals surface area (Å²) in [5.74, 6) is 1.12. The first-order valence-corrected chi connectivity index (χ1v) is 10.5. The van der Waals surface area contributed by atoms with Crippen LogP contribution in [0.1, 0.15) is 36.1 Å². The van der Waals surface area contributed by atoms with Crippen LogP contribution in [0.3, 0.4) is 0 Å². The van der Waals surface area contributed by atoms with Crippen molar-refractivity contribution in [3.05, 3.63) is 89.9 Å². The van der Waals surface area contributed by atoms with Gasteiger partial charge in [-0.25, -0.2) is 0 Å². The molecule has 4 aromatic rings. The molecule has 1 unspecified atom stereocenters. The number of aromatic nitrogens is 2. The van der Waals surface area contributed by atoms with Crippen LogP contribution in [0.2, 0.25) is 0 Å². The Morgan fingerprint density at radius 1 is 0.968 bits per heavy atom. The van der Waals surface area contributed by atoms with E-state index in [1.807, 2.05) is 43.5 Å². The number of hydrogen-bond donors (Lipinski definition) is 0. The number of carbonyl (C=O) groups is 1. The summed E-state index contributed by atoms with van der Waals surface area (Å²) >= 11 is 0. The van der Waals surface area contributed by atoms with Gasteiger partial charge in [0.1, 0.15) is 11.5 Å². The third kappa shape index (κ3) is 4.97. The molecule has 0 saturated heterocycles. The first kappa shape index (κ1) is 20.7. The second kappa shape index (κ2) is 9.09. The van der Waals surface area contributed by atoms with E-state index >= 15 is 0 Å². The lowest BCUT2D eigenvalue weighted by Crippen LogP contribution is -2.07. The van der Waals surface area contributed by atoms with E-state index in [-0.39, 0.29) is 11.7 Å². The van der Waals surface area contributed by atoms with E-state index in [0.29, 0.717) is 12.8 Å². The summed E-state index contributed by atoms with van der Waals surface area (Å²) in [6.45, 7) is 4.09. The number of nitrogens with zero attached hydrogens (tertiary/aromatic N) is 2. The quantitative estimate of drug-likeness (QED) is 0.379. The van der Waals surface area contributed by atoms with E-state index in [1.165, 1.54) is 0 Å². The van der Waals surface area contributed by atoms with Gasteiger partial charge in [-0.05, 0) is 65.4 Å². The van der Waals surface area contributed by atoms with Crippen molar-refractivity contribution in [3.63, 3.8) is 0 Å². The molecule has 0 radical (unpaired) electrons. The molecule has 0 spiro atoms. The molecule has 0 aliphatic rings. The molecule has 2 heterocycles. The third-order valence-corrected chi connectivity index (χ3v) is 5.60. The lowest BCUT2D eigenvalue weighted by Gasteiger charge is -2.13. The van der Waals surface area contributed by atoms with Gasteiger partial charge in [-0.2, -0.15) is 0 Å². The van der Waals surface area contributed by atoms with Crippen molar-refractivity contribution in [1.29, 1.82) is 0 Å². The molecule has 0 saturated carbocycles. The summed E-state index contributed by atoms with van der Waals surface area (Å²) in [5.41, 5.74) is 6.37. The van der Waals surface area contributed by atoms with Crippen molar-refractivity contribution in [2.24, 2.45) is 0 Å². The number of methoxy groups -OCH3 is 1. The van der Waals surface area contributed by atoms with Gasteiger partial charge in [0.25, 0.3) is 0 Å². The fourth-order valence-electron chi connectivity index (χ4n) is 3.85. The third-order valence-electron chi connectivity index (χ3n) is 5.60. The van der Waals surface area contributed by atoms with Gasteiger partial charge in [-0.1, -0.05) is 37.3 Å². The number of rotatable bonds is 7. The standard InChI is InChI=1S/C27H26N2O2/c1-18(22-8-9-27-24(15-22)16-26(31-3)17-29-27)12-25(30)14-20-4-6-21(7-5-20)23-10-11-28-19(2)13-23/h4-11,13,15-18H,12,14H2,1-3H3. The molecular formula is C27H26N2O2. The molecule has 4 nitrogen and oxygen atoms in total. The Morgan fingerprint density at radius 3 is 2.52 bits per heavy atom. The highest BCUT2D eigenvalue weighted by Gasteiger charge is 2.13. The summed E-state index contributed by atoms with van der Waals surface area (Å²) in [6.07, 6.45) is 4.50. The van der Waals surface area contributed by atoms with Crippen molar-refractivity contribution in [3.8, 4) is 16.9 Å². The number of ketones is 1. The summed E-state index contributed by atoms with van der Waals surface area (Å²) < 4.78 is 5.28. The Labute approximate surface area is 182 Å². The van der Waals surface area contributed by atoms with Crippen molar-refractivity contribution < 1.29 is 9.53 Å². The molecule has 2 aromatic carbocycles. The Kier molecular flexibility index (Phi) is 6.08. The van der Waals surface area contributed by atoms with E-state index in [9.17, 15) is 4.79 Å². The maximum absolute atomic E-state index is 12.7. The van der Waals surface area contributed by atoms with Crippen LogP contribution in [-0.4, -0.2) is 22.9 Å². The van der Waals surface area contributed by atoms with Crippen LogP contribution < -0.4 is 4.74 Å². The molecule has 4 heteroatoms. The Morgan fingerprint density at radius 2 is 1.77 bits per heavy atom. The van der Waals surface area contributed by atoms with Gasteiger partial charge < -0.3 is 4.74 Å². The lowest BCUT2D eigenvalue weighted by atomic mass is 9.92. The minimum absolute atomic E-state index is 0.141. The number of hydrogen-bond acceptors (Lipinski definition) is 4. The van der Waals surface area contributed by atoms with Gasteiger partial charge in [0.05, 0.1) is 18.8 Å². The summed E-state index contributed by atoms with van der Waals surface area (Å²) in [6, 6.07) is 20.5. The lowest BCUT2D eigenvalue weighted by molar-refractivity contribution is -0.118. The topological polar surface area (TPSA) is 52.1 Å². The Bertz CT molecular complexity index is 1220. The monoisotopic (exact) mass is 410 g/mol. The predicted molar refractivity (Wildman–Crippen MR) is 124 cm³/mol. The molecule has 0 amide bonds. The zero-order valence-electron chi connectivity index (χ0n) is 18.1. The molecule has 0 bridgehead atoms. The zero-order chi connectivity index (χ0) is 21.8. The van der Waals surface area contributed by atoms with E-state index < -0.39 is 0 Å². The second-order valence-electron chi connectivity index (χ2n) is 8.03. The van der Waals surface area contributed by atoms with Crippen LogP contribution >= 0.6 is 0 Å². The maximum atomic E-state index is 12.7. The van der Waals surface area contributed by atoms with E-state index in [0.717, 1.165) is 44.6 Å². The van der Waals surface area contributed by atoms with Crippen LogP contribution in [0.4, 0.5) is 0 Å². The number of carbonyl (C=O) groups excluding carboxylic acids is 1. The van der Waals surface area contributed by atoms with E-state index in [1.54, 1.807) is 13.3 Å². The normalized spacial score (nSPS) is 12.0. The van der Waals surface area contributed by atoms with Gasteiger partial charge in [0.15, 0.2) is 0 Å². The molecule has 0 N–H and O–H groups in total. The van der Waals surface area contributed by atoms with Crippen LogP contribution in [0.25, 0.3) is 22.0 Å². The average Bonchev–Trinajstić information content (AvgIpc) is 2.78. The predicted octanol–water partition coefficient (Wildman–Crippen LogP) is 5.92. The van der Waals surface area contributed by atoms with Gasteiger partial charge in [0.2, 0.25) is 0 Å². The molecule has 0 aliphatic carbocycles. The van der Waals surface area contributed by atoms with Gasteiger partial charge >= 0.3 is 0 Å². The number of pyridine rings is 2. The molecule has 156 valence electrons. The highest BCUT2D eigenvalue weighted by molar-refractivity contribution is 5.83. The highest BCUT2D eigenvalue weighted by Crippen LogP contribution is 2.26. The first-order valence-electron chi connectivity index (χ1n) is 10.5. The van der Waals surface area contributed by atoms with Crippen molar-refractivity contribution in [1.82, 2.24) is 9.97 Å². The molecule has 31 heavy (non-hydrogen) atoms. The SMILES string of the molecule is COc1cnc2ccc(C(C)CC(=O)Cc3ccc(-c4ccnc(C)c4)cc3)cc2c1. The van der Waals surface area contributed by atoms with Crippen LogP contribution in [0.15, 0.2) is 73.1 Å². The summed E-state index contributed by atoms with van der Waals surface area (Å²) in [4.78, 5) is 21.4. The number of benzene rings is 2. The van der Waals surface area contributed by atoms with Crippen LogP contribution in [-0.2, 0) is 11.2 Å². The Balaban J connectivity index is 1.41. The number of Topliss-reactive ketones (excluding diaryl/α,β-unsaturated/α-hetero) is 1. The molecular weight excluding hydrogens is 384 g/mol. The largest absolute Gasteiger partial charge is 0.495 e. The molecule has 2 aromatic heterocycles. The fourth-order valence-corrected chi connectivity index (χ4v) is 3.85. The number of fused-ring (bicyclic) bond motifs is 1. The van der Waals surface area contributed by atoms with Crippen LogP contribution in [0, 0.1) is 6.92 Å². The van der Waals surface area contributed by atoms with Crippen molar-refractivity contribution in [2.45, 2.75) is 32.6 Å². The van der Waals surface area contributed by atoms with E-state index in [2.05, 4.69) is 47.2 Å². The minimum Gasteiger partial charge on any atom is -0.495 e. The van der Waals surface area contributed by atoms with Gasteiger partial charge in [0, 0.05) is 30.1 Å². The van der Waals surface area contributed by atoms with E-state index in [4.69, 9.17) is 4.74 Å². The fraction of sp³-hybridized carbons (Fsp3) is 0.222. The summed E-state index contributed by atoms with van der Waals surface area (Å²) in [7, 11) is 1.64.